The van der Waals surface area contributed by atoms with Gasteiger partial charge in [-0.05, 0) is 51.4 Å². The largest absolute Gasteiger partial charge is 0.504 e. The van der Waals surface area contributed by atoms with Gasteiger partial charge in [0.15, 0.2) is 17.1 Å². The minimum absolute atomic E-state index is 0.0387. The first-order valence-electron chi connectivity index (χ1n) is 8.70. The van der Waals surface area contributed by atoms with Gasteiger partial charge in [0.05, 0.1) is 16.9 Å². The highest BCUT2D eigenvalue weighted by Gasteiger charge is 2.39. The van der Waals surface area contributed by atoms with Gasteiger partial charge in [0.25, 0.3) is 5.91 Å². The molecule has 6 nitrogen and oxygen atoms in total. The van der Waals surface area contributed by atoms with E-state index in [0.29, 0.717) is 26.0 Å². The van der Waals surface area contributed by atoms with Crippen LogP contribution in [0.15, 0.2) is 77.9 Å². The third-order valence-corrected chi connectivity index (χ3v) is 5.18. The molecule has 0 heterocycles. The number of aliphatic hydroxyl groups is 1. The highest BCUT2D eigenvalue weighted by molar-refractivity contribution is 14.1. The van der Waals surface area contributed by atoms with E-state index in [9.17, 15) is 15.0 Å². The summed E-state index contributed by atoms with van der Waals surface area (Å²) in [6.07, 6.45) is 1.42. The van der Waals surface area contributed by atoms with Crippen LogP contribution in [0.5, 0.6) is 11.5 Å². The van der Waals surface area contributed by atoms with Crippen molar-refractivity contribution in [2.75, 3.05) is 7.11 Å². The maximum absolute atomic E-state index is 13.0. The standard InChI is InChI=1S/C22H19IN2O4/c1-29-19-13-15(12-18(23)20(19)26)14-24-25-21(27)22(28,16-8-4-2-5-9-16)17-10-6-3-7-11-17/h2-14,26,28H,1H3,(H,25,27)/b24-14-. The molecule has 29 heavy (non-hydrogen) atoms. The molecule has 3 rings (SSSR count). The van der Waals surface area contributed by atoms with Crippen LogP contribution in [0.3, 0.4) is 0 Å². The molecule has 0 unspecified atom stereocenters. The summed E-state index contributed by atoms with van der Waals surface area (Å²) in [6.45, 7) is 0. The molecular formula is C22H19IN2O4. The molecule has 7 heteroatoms. The molecule has 0 radical (unpaired) electrons. The minimum Gasteiger partial charge on any atom is -0.504 e. The molecule has 1 amide bonds. The molecule has 3 aromatic rings. The first-order chi connectivity index (χ1) is 14.0. The van der Waals surface area contributed by atoms with Gasteiger partial charge in [-0.3, -0.25) is 4.79 Å². The van der Waals surface area contributed by atoms with E-state index in [4.69, 9.17) is 4.74 Å². The first kappa shape index (κ1) is 20.8. The van der Waals surface area contributed by atoms with Gasteiger partial charge in [0, 0.05) is 0 Å². The topological polar surface area (TPSA) is 91.2 Å². The monoisotopic (exact) mass is 502 g/mol. The smallest absolute Gasteiger partial charge is 0.281 e. The van der Waals surface area contributed by atoms with Crippen LogP contribution < -0.4 is 10.2 Å². The van der Waals surface area contributed by atoms with Crippen molar-refractivity contribution in [1.29, 1.82) is 0 Å². The Morgan fingerprint density at radius 3 is 2.14 bits per heavy atom. The number of nitrogens with zero attached hydrogens (tertiary/aromatic N) is 1. The summed E-state index contributed by atoms with van der Waals surface area (Å²) in [5.74, 6) is -0.349. The number of rotatable bonds is 6. The second kappa shape index (κ2) is 9.06. The summed E-state index contributed by atoms with van der Waals surface area (Å²) in [5.41, 5.74) is 1.99. The van der Waals surface area contributed by atoms with Gasteiger partial charge in [-0.2, -0.15) is 5.10 Å². The van der Waals surface area contributed by atoms with E-state index < -0.39 is 11.5 Å². The Morgan fingerprint density at radius 1 is 1.07 bits per heavy atom. The van der Waals surface area contributed by atoms with Crippen LogP contribution in [0.2, 0.25) is 0 Å². The van der Waals surface area contributed by atoms with Crippen molar-refractivity contribution in [3.8, 4) is 11.5 Å². The van der Waals surface area contributed by atoms with Gasteiger partial charge in [0.1, 0.15) is 0 Å². The SMILES string of the molecule is COc1cc(/C=N\NC(=O)C(O)(c2ccccc2)c2ccccc2)cc(I)c1O. The first-order valence-corrected chi connectivity index (χ1v) is 9.78. The number of hydrazone groups is 1. The summed E-state index contributed by atoms with van der Waals surface area (Å²) in [6, 6.07) is 20.7. The number of benzene rings is 3. The summed E-state index contributed by atoms with van der Waals surface area (Å²) in [4.78, 5) is 13.0. The lowest BCUT2D eigenvalue weighted by Gasteiger charge is -2.27. The number of hydrogen-bond acceptors (Lipinski definition) is 5. The molecule has 0 aliphatic heterocycles. The van der Waals surface area contributed by atoms with Gasteiger partial charge in [-0.15, -0.1) is 0 Å². The van der Waals surface area contributed by atoms with Gasteiger partial charge in [-0.25, -0.2) is 5.43 Å². The number of aromatic hydroxyl groups is 1. The summed E-state index contributed by atoms with van der Waals surface area (Å²) in [5, 5.41) is 25.2. The number of ether oxygens (including phenoxy) is 1. The zero-order chi connectivity index (χ0) is 20.9. The van der Waals surface area contributed by atoms with E-state index in [-0.39, 0.29) is 5.75 Å². The number of carbonyl (C=O) groups excluding carboxylic acids is 1. The van der Waals surface area contributed by atoms with Gasteiger partial charge >= 0.3 is 0 Å². The van der Waals surface area contributed by atoms with Crippen LogP contribution in [0.1, 0.15) is 16.7 Å². The number of phenolic OH excluding ortho intramolecular Hbond substituents is 1. The van der Waals surface area contributed by atoms with E-state index >= 15 is 0 Å². The highest BCUT2D eigenvalue weighted by Crippen LogP contribution is 2.32. The zero-order valence-electron chi connectivity index (χ0n) is 15.5. The number of carbonyl (C=O) groups is 1. The van der Waals surface area contributed by atoms with E-state index in [0.717, 1.165) is 0 Å². The van der Waals surface area contributed by atoms with Crippen molar-refractivity contribution in [2.24, 2.45) is 5.10 Å². The number of hydrogen-bond donors (Lipinski definition) is 3. The number of nitrogens with one attached hydrogen (secondary N) is 1. The fourth-order valence-corrected chi connectivity index (χ4v) is 3.48. The molecule has 0 spiro atoms. The number of halogens is 1. The van der Waals surface area contributed by atoms with Crippen LogP contribution in [0.4, 0.5) is 0 Å². The maximum Gasteiger partial charge on any atom is 0.281 e. The van der Waals surface area contributed by atoms with Gasteiger partial charge in [-0.1, -0.05) is 60.7 Å². The van der Waals surface area contributed by atoms with Gasteiger partial charge in [0.2, 0.25) is 0 Å². The van der Waals surface area contributed by atoms with Crippen molar-refractivity contribution in [3.05, 3.63) is 93.1 Å². The minimum atomic E-state index is -1.90. The second-order valence-corrected chi connectivity index (χ2v) is 7.36. The van der Waals surface area contributed by atoms with Gasteiger partial charge < -0.3 is 14.9 Å². The Morgan fingerprint density at radius 2 is 1.62 bits per heavy atom. The highest BCUT2D eigenvalue weighted by atomic mass is 127. The summed E-state index contributed by atoms with van der Waals surface area (Å²) < 4.78 is 5.70. The molecule has 0 aliphatic rings. The molecule has 3 aromatic carbocycles. The van der Waals surface area contributed by atoms with E-state index in [2.05, 4.69) is 10.5 Å². The lowest BCUT2D eigenvalue weighted by Crippen LogP contribution is -2.43. The number of phenols is 1. The Bertz CT molecular complexity index is 984. The lowest BCUT2D eigenvalue weighted by molar-refractivity contribution is -0.136. The van der Waals surface area contributed by atoms with Crippen molar-refractivity contribution in [3.63, 3.8) is 0 Å². The van der Waals surface area contributed by atoms with Crippen LogP contribution >= 0.6 is 22.6 Å². The maximum atomic E-state index is 13.0. The third-order valence-electron chi connectivity index (χ3n) is 4.36. The van der Waals surface area contributed by atoms with E-state index in [1.807, 2.05) is 34.7 Å². The quantitative estimate of drug-likeness (QED) is 0.274. The molecule has 0 bridgehead atoms. The second-order valence-electron chi connectivity index (χ2n) is 6.20. The fourth-order valence-electron chi connectivity index (χ4n) is 2.86. The Hall–Kier alpha value is -2.91. The molecule has 148 valence electrons. The molecule has 0 atom stereocenters. The molecule has 0 saturated heterocycles. The zero-order valence-corrected chi connectivity index (χ0v) is 17.7. The molecular weight excluding hydrogens is 483 g/mol. The van der Waals surface area contributed by atoms with Crippen LogP contribution in [-0.2, 0) is 10.4 Å². The molecule has 3 N–H and O–H groups in total. The normalized spacial score (nSPS) is 11.4. The van der Waals surface area contributed by atoms with Crippen molar-refractivity contribution >= 4 is 34.7 Å². The fraction of sp³-hybridized carbons (Fsp3) is 0.0909. The predicted octanol–water partition coefficient (Wildman–Crippen LogP) is 3.39. The third kappa shape index (κ3) is 4.41. The van der Waals surface area contributed by atoms with Crippen molar-refractivity contribution in [1.82, 2.24) is 5.43 Å². The van der Waals surface area contributed by atoms with Crippen LogP contribution in [-0.4, -0.2) is 29.4 Å². The number of amides is 1. The van der Waals surface area contributed by atoms with E-state index in [1.54, 1.807) is 60.7 Å². The predicted molar refractivity (Wildman–Crippen MR) is 119 cm³/mol. The van der Waals surface area contributed by atoms with Crippen molar-refractivity contribution < 1.29 is 19.7 Å². The van der Waals surface area contributed by atoms with Crippen LogP contribution in [0, 0.1) is 3.57 Å². The van der Waals surface area contributed by atoms with Crippen molar-refractivity contribution in [2.45, 2.75) is 5.60 Å². The molecule has 0 fully saturated rings. The average molecular weight is 502 g/mol. The average Bonchev–Trinajstić information content (AvgIpc) is 2.76. The summed E-state index contributed by atoms with van der Waals surface area (Å²) in [7, 11) is 1.45. The Balaban J connectivity index is 1.89. The number of methoxy groups -OCH3 is 1. The van der Waals surface area contributed by atoms with E-state index in [1.165, 1.54) is 13.3 Å². The molecule has 0 aliphatic carbocycles. The summed E-state index contributed by atoms with van der Waals surface area (Å²) >= 11 is 1.97. The van der Waals surface area contributed by atoms with Crippen LogP contribution in [0.25, 0.3) is 0 Å². The Labute approximate surface area is 182 Å². The molecule has 0 aromatic heterocycles. The Kier molecular flexibility index (Phi) is 6.50. The molecule has 0 saturated carbocycles. The lowest BCUT2D eigenvalue weighted by atomic mass is 9.85.